The van der Waals surface area contributed by atoms with E-state index in [-0.39, 0.29) is 11.4 Å². The Bertz CT molecular complexity index is 1150. The third-order valence-electron chi connectivity index (χ3n) is 4.34. The van der Waals surface area contributed by atoms with E-state index < -0.39 is 4.92 Å². The molecule has 0 saturated carbocycles. The molecule has 0 bridgehead atoms. The maximum absolute atomic E-state index is 11.1. The van der Waals surface area contributed by atoms with E-state index in [1.54, 1.807) is 14.0 Å². The molecule has 8 nitrogen and oxygen atoms in total. The Kier molecular flexibility index (Phi) is 6.29. The summed E-state index contributed by atoms with van der Waals surface area (Å²) in [6.45, 7) is 1.74. The van der Waals surface area contributed by atoms with Gasteiger partial charge in [-0.1, -0.05) is 0 Å². The van der Waals surface area contributed by atoms with Gasteiger partial charge in [-0.05, 0) is 36.8 Å². The van der Waals surface area contributed by atoms with Crippen LogP contribution in [0.1, 0.15) is 10.6 Å². The van der Waals surface area contributed by atoms with Crippen molar-refractivity contribution in [3.63, 3.8) is 0 Å². The highest BCUT2D eigenvalue weighted by atomic mass is 32.1. The zero-order valence-corrected chi connectivity index (χ0v) is 17.3. The molecular formula is C21H18N4O4S. The standard InChI is InChI=1S/C21H18N4O4S/c1-13-8-19(25(26)27)20(29-3)9-17(13)23-11-15(10-22)21-24-18(12-30-21)14-4-6-16(28-2)7-5-14/h4-9,11-12,23H,1-3H3. The zero-order valence-electron chi connectivity index (χ0n) is 16.5. The molecule has 1 N–H and O–H groups in total. The maximum Gasteiger partial charge on any atom is 0.311 e. The molecule has 1 heterocycles. The number of anilines is 1. The Hall–Kier alpha value is -3.90. The summed E-state index contributed by atoms with van der Waals surface area (Å²) in [5, 5.41) is 26.2. The van der Waals surface area contributed by atoms with Crippen LogP contribution < -0.4 is 14.8 Å². The number of ether oxygens (including phenoxy) is 2. The highest BCUT2D eigenvalue weighted by molar-refractivity contribution is 7.11. The predicted octanol–water partition coefficient (Wildman–Crippen LogP) is 5.02. The first-order valence-corrected chi connectivity index (χ1v) is 9.65. The number of benzene rings is 2. The molecular weight excluding hydrogens is 404 g/mol. The second-order valence-corrected chi connectivity index (χ2v) is 7.03. The molecule has 9 heteroatoms. The zero-order chi connectivity index (χ0) is 21.7. The van der Waals surface area contributed by atoms with E-state index in [1.807, 2.05) is 29.6 Å². The summed E-state index contributed by atoms with van der Waals surface area (Å²) in [4.78, 5) is 15.2. The van der Waals surface area contributed by atoms with Crippen LogP contribution in [0.5, 0.6) is 11.5 Å². The minimum Gasteiger partial charge on any atom is -0.497 e. The van der Waals surface area contributed by atoms with Gasteiger partial charge in [0.05, 0.1) is 24.8 Å². The van der Waals surface area contributed by atoms with Crippen molar-refractivity contribution in [2.75, 3.05) is 19.5 Å². The minimum absolute atomic E-state index is 0.117. The van der Waals surface area contributed by atoms with Gasteiger partial charge in [0, 0.05) is 35.0 Å². The normalized spacial score (nSPS) is 10.9. The number of aryl methyl sites for hydroxylation is 1. The number of aromatic nitrogens is 1. The Morgan fingerprint density at radius 1 is 1.27 bits per heavy atom. The van der Waals surface area contributed by atoms with Gasteiger partial charge in [0.1, 0.15) is 22.4 Å². The van der Waals surface area contributed by atoms with Gasteiger partial charge in [0.15, 0.2) is 5.75 Å². The molecule has 1 aromatic heterocycles. The van der Waals surface area contributed by atoms with Gasteiger partial charge in [-0.2, -0.15) is 5.26 Å². The van der Waals surface area contributed by atoms with Crippen molar-refractivity contribution in [1.29, 1.82) is 5.26 Å². The molecule has 0 atom stereocenters. The Morgan fingerprint density at radius 3 is 2.60 bits per heavy atom. The van der Waals surface area contributed by atoms with E-state index in [2.05, 4.69) is 16.4 Å². The highest BCUT2D eigenvalue weighted by Crippen LogP contribution is 2.33. The van der Waals surface area contributed by atoms with E-state index in [0.717, 1.165) is 17.0 Å². The summed E-state index contributed by atoms with van der Waals surface area (Å²) in [6, 6.07) is 12.6. The van der Waals surface area contributed by atoms with E-state index in [1.165, 1.54) is 36.8 Å². The van der Waals surface area contributed by atoms with Gasteiger partial charge in [0.25, 0.3) is 0 Å². The molecule has 0 unspecified atom stereocenters. The fourth-order valence-corrected chi connectivity index (χ4v) is 3.51. The molecule has 2 aromatic carbocycles. The lowest BCUT2D eigenvalue weighted by molar-refractivity contribution is -0.385. The lowest BCUT2D eigenvalue weighted by atomic mass is 10.1. The lowest BCUT2D eigenvalue weighted by Gasteiger charge is -2.09. The van der Waals surface area contributed by atoms with Crippen LogP contribution in [0.3, 0.4) is 0 Å². The van der Waals surface area contributed by atoms with Crippen LogP contribution >= 0.6 is 11.3 Å². The molecule has 0 spiro atoms. The second kappa shape index (κ2) is 9.07. The van der Waals surface area contributed by atoms with Gasteiger partial charge >= 0.3 is 5.69 Å². The summed E-state index contributed by atoms with van der Waals surface area (Å²) in [5.41, 5.74) is 3.14. The second-order valence-electron chi connectivity index (χ2n) is 6.18. The molecule has 0 amide bonds. The van der Waals surface area contributed by atoms with Gasteiger partial charge in [0.2, 0.25) is 0 Å². The average Bonchev–Trinajstić information content (AvgIpc) is 3.24. The van der Waals surface area contributed by atoms with Crippen LogP contribution in [-0.4, -0.2) is 24.1 Å². The third kappa shape index (κ3) is 4.39. The molecule has 3 rings (SSSR count). The Morgan fingerprint density at radius 2 is 2.00 bits per heavy atom. The molecule has 0 fully saturated rings. The SMILES string of the molecule is COc1ccc(-c2csc(C(C#N)=CNc3cc(OC)c([N+](=O)[O-])cc3C)n2)cc1. The monoisotopic (exact) mass is 422 g/mol. The fraction of sp³-hybridized carbons (Fsp3) is 0.143. The van der Waals surface area contributed by atoms with Crippen molar-refractivity contribution >= 4 is 28.3 Å². The number of hydrogen-bond acceptors (Lipinski definition) is 8. The number of methoxy groups -OCH3 is 2. The lowest BCUT2D eigenvalue weighted by Crippen LogP contribution is -1.99. The number of nitro benzene ring substituents is 1. The van der Waals surface area contributed by atoms with E-state index in [4.69, 9.17) is 9.47 Å². The molecule has 3 aromatic rings. The van der Waals surface area contributed by atoms with Crippen LogP contribution in [0.2, 0.25) is 0 Å². The van der Waals surface area contributed by atoms with Crippen LogP contribution in [0.25, 0.3) is 16.8 Å². The predicted molar refractivity (Wildman–Crippen MR) is 116 cm³/mol. The molecule has 0 aliphatic rings. The smallest absolute Gasteiger partial charge is 0.311 e. The van der Waals surface area contributed by atoms with Crippen molar-refractivity contribution < 1.29 is 14.4 Å². The van der Waals surface area contributed by atoms with Crippen molar-refractivity contribution in [3.8, 4) is 28.8 Å². The molecule has 0 aliphatic heterocycles. The van der Waals surface area contributed by atoms with E-state index >= 15 is 0 Å². The number of nitro groups is 1. The minimum atomic E-state index is -0.498. The number of hydrogen-bond donors (Lipinski definition) is 1. The van der Waals surface area contributed by atoms with Gasteiger partial charge in [-0.3, -0.25) is 10.1 Å². The maximum atomic E-state index is 11.1. The van der Waals surface area contributed by atoms with Crippen molar-refractivity contribution in [2.24, 2.45) is 0 Å². The molecule has 0 radical (unpaired) electrons. The number of allylic oxidation sites excluding steroid dienone is 1. The summed E-state index contributed by atoms with van der Waals surface area (Å²) >= 11 is 1.35. The quantitative estimate of drug-likeness (QED) is 0.323. The first-order valence-electron chi connectivity index (χ1n) is 8.77. The summed E-state index contributed by atoms with van der Waals surface area (Å²) in [6.07, 6.45) is 1.53. The van der Waals surface area contributed by atoms with E-state index in [9.17, 15) is 15.4 Å². The fourth-order valence-electron chi connectivity index (χ4n) is 2.72. The topological polar surface area (TPSA) is 110 Å². The van der Waals surface area contributed by atoms with E-state index in [0.29, 0.717) is 21.8 Å². The molecule has 0 saturated heterocycles. The number of nitrogens with one attached hydrogen (secondary N) is 1. The summed E-state index contributed by atoms with van der Waals surface area (Å²) in [7, 11) is 2.98. The third-order valence-corrected chi connectivity index (χ3v) is 5.21. The van der Waals surface area contributed by atoms with Crippen molar-refractivity contribution in [3.05, 3.63) is 68.7 Å². The number of rotatable bonds is 7. The number of nitrogens with zero attached hydrogens (tertiary/aromatic N) is 3. The molecule has 30 heavy (non-hydrogen) atoms. The first-order chi connectivity index (χ1) is 14.5. The van der Waals surface area contributed by atoms with Crippen LogP contribution in [0.15, 0.2) is 48.0 Å². The van der Waals surface area contributed by atoms with Gasteiger partial charge in [-0.25, -0.2) is 4.98 Å². The number of thiazole rings is 1. The van der Waals surface area contributed by atoms with Crippen LogP contribution in [0.4, 0.5) is 11.4 Å². The van der Waals surface area contributed by atoms with Crippen LogP contribution in [0, 0.1) is 28.4 Å². The van der Waals surface area contributed by atoms with Gasteiger partial charge < -0.3 is 14.8 Å². The summed E-state index contributed by atoms with van der Waals surface area (Å²) < 4.78 is 10.3. The first kappa shape index (κ1) is 20.8. The highest BCUT2D eigenvalue weighted by Gasteiger charge is 2.17. The van der Waals surface area contributed by atoms with Crippen LogP contribution in [-0.2, 0) is 0 Å². The van der Waals surface area contributed by atoms with Crippen molar-refractivity contribution in [2.45, 2.75) is 6.92 Å². The largest absolute Gasteiger partial charge is 0.497 e. The Labute approximate surface area is 177 Å². The molecule has 152 valence electrons. The Balaban J connectivity index is 1.86. The molecule has 0 aliphatic carbocycles. The summed E-state index contributed by atoms with van der Waals surface area (Å²) in [5.74, 6) is 0.890. The van der Waals surface area contributed by atoms with Crippen molar-refractivity contribution in [1.82, 2.24) is 4.98 Å². The number of nitriles is 1. The van der Waals surface area contributed by atoms with Gasteiger partial charge in [-0.15, -0.1) is 11.3 Å². The average molecular weight is 422 g/mol.